The monoisotopic (exact) mass is 207 g/mol. The molecule has 1 unspecified atom stereocenters. The molecule has 1 heterocycles. The lowest BCUT2D eigenvalue weighted by Crippen LogP contribution is -2.19. The van der Waals surface area contributed by atoms with Crippen molar-refractivity contribution in [3.63, 3.8) is 0 Å². The Labute approximate surface area is 90.4 Å². The highest BCUT2D eigenvalue weighted by molar-refractivity contribution is 5.51. The molecule has 0 spiro atoms. The average molecular weight is 207 g/mol. The fourth-order valence-corrected chi connectivity index (χ4v) is 1.85. The molecule has 0 radical (unpaired) electrons. The summed E-state index contributed by atoms with van der Waals surface area (Å²) >= 11 is 0. The van der Waals surface area contributed by atoms with E-state index in [2.05, 4.69) is 11.4 Å². The first-order chi connectivity index (χ1) is 7.12. The molecule has 1 aromatic rings. The summed E-state index contributed by atoms with van der Waals surface area (Å²) in [6, 6.07) is 8.15. The van der Waals surface area contributed by atoms with Crippen molar-refractivity contribution < 1.29 is 9.47 Å². The SMILES string of the molecule is CNc1ccccc1C1COC(C)(C)O1. The Morgan fingerprint density at radius 1 is 1.33 bits per heavy atom. The second kappa shape index (κ2) is 3.83. The number of benzene rings is 1. The van der Waals surface area contributed by atoms with E-state index in [1.54, 1.807) is 0 Å². The topological polar surface area (TPSA) is 30.5 Å². The van der Waals surface area contributed by atoms with Crippen LogP contribution in [0.15, 0.2) is 24.3 Å². The Balaban J connectivity index is 2.23. The molecule has 0 aromatic heterocycles. The van der Waals surface area contributed by atoms with Gasteiger partial charge in [0, 0.05) is 18.3 Å². The van der Waals surface area contributed by atoms with Crippen LogP contribution in [0, 0.1) is 0 Å². The first kappa shape index (κ1) is 10.5. The van der Waals surface area contributed by atoms with E-state index in [0.717, 1.165) is 11.3 Å². The van der Waals surface area contributed by atoms with Crippen molar-refractivity contribution in [3.05, 3.63) is 29.8 Å². The molecule has 2 rings (SSSR count). The lowest BCUT2D eigenvalue weighted by Gasteiger charge is -2.18. The normalized spacial score (nSPS) is 24.1. The predicted octanol–water partition coefficient (Wildman–Crippen LogP) is 2.55. The minimum Gasteiger partial charge on any atom is -0.388 e. The average Bonchev–Trinajstić information content (AvgIpc) is 2.59. The maximum atomic E-state index is 5.82. The minimum atomic E-state index is -0.467. The maximum absolute atomic E-state index is 5.82. The van der Waals surface area contributed by atoms with Crippen molar-refractivity contribution in [1.82, 2.24) is 0 Å². The first-order valence-electron chi connectivity index (χ1n) is 5.21. The van der Waals surface area contributed by atoms with Gasteiger partial charge in [-0.25, -0.2) is 0 Å². The molecular weight excluding hydrogens is 190 g/mol. The number of anilines is 1. The van der Waals surface area contributed by atoms with Crippen LogP contribution >= 0.6 is 0 Å². The fraction of sp³-hybridized carbons (Fsp3) is 0.500. The van der Waals surface area contributed by atoms with E-state index in [-0.39, 0.29) is 6.10 Å². The Morgan fingerprint density at radius 3 is 2.67 bits per heavy atom. The second-order valence-electron chi connectivity index (χ2n) is 4.15. The van der Waals surface area contributed by atoms with Gasteiger partial charge < -0.3 is 14.8 Å². The molecule has 1 aliphatic rings. The van der Waals surface area contributed by atoms with Crippen LogP contribution in [0.25, 0.3) is 0 Å². The van der Waals surface area contributed by atoms with Crippen molar-refractivity contribution in [3.8, 4) is 0 Å². The molecule has 82 valence electrons. The summed E-state index contributed by atoms with van der Waals surface area (Å²) < 4.78 is 11.4. The molecule has 0 amide bonds. The van der Waals surface area contributed by atoms with E-state index in [1.807, 2.05) is 39.1 Å². The van der Waals surface area contributed by atoms with E-state index >= 15 is 0 Å². The van der Waals surface area contributed by atoms with Gasteiger partial charge in [-0.05, 0) is 19.9 Å². The lowest BCUT2D eigenvalue weighted by atomic mass is 10.1. The van der Waals surface area contributed by atoms with Crippen LogP contribution in [0.5, 0.6) is 0 Å². The van der Waals surface area contributed by atoms with Crippen LogP contribution in [0.3, 0.4) is 0 Å². The van der Waals surface area contributed by atoms with Crippen LogP contribution in [0.4, 0.5) is 5.69 Å². The van der Waals surface area contributed by atoms with Crippen molar-refractivity contribution >= 4 is 5.69 Å². The van der Waals surface area contributed by atoms with Gasteiger partial charge in [0.1, 0.15) is 6.10 Å². The number of hydrogen-bond acceptors (Lipinski definition) is 3. The Bertz CT molecular complexity index is 349. The van der Waals surface area contributed by atoms with Crippen LogP contribution < -0.4 is 5.32 Å². The zero-order chi connectivity index (χ0) is 10.9. The smallest absolute Gasteiger partial charge is 0.163 e. The Morgan fingerprint density at radius 2 is 2.07 bits per heavy atom. The highest BCUT2D eigenvalue weighted by atomic mass is 16.7. The second-order valence-corrected chi connectivity index (χ2v) is 4.15. The molecule has 1 atom stereocenters. The zero-order valence-corrected chi connectivity index (χ0v) is 9.41. The standard InChI is InChI=1S/C12H17NO2/c1-12(2)14-8-11(15-12)9-6-4-5-7-10(9)13-3/h4-7,11,13H,8H2,1-3H3. The van der Waals surface area contributed by atoms with Crippen LogP contribution in [0.2, 0.25) is 0 Å². The van der Waals surface area contributed by atoms with Gasteiger partial charge in [-0.2, -0.15) is 0 Å². The summed E-state index contributed by atoms with van der Waals surface area (Å²) in [4.78, 5) is 0. The molecule has 3 heteroatoms. The number of nitrogens with one attached hydrogen (secondary N) is 1. The van der Waals surface area contributed by atoms with Crippen molar-refractivity contribution in [2.75, 3.05) is 19.0 Å². The molecule has 0 bridgehead atoms. The van der Waals surface area contributed by atoms with Crippen LogP contribution in [-0.4, -0.2) is 19.4 Å². The highest BCUT2D eigenvalue weighted by Gasteiger charge is 2.34. The third-order valence-corrected chi connectivity index (χ3v) is 2.59. The maximum Gasteiger partial charge on any atom is 0.163 e. The lowest BCUT2D eigenvalue weighted by molar-refractivity contribution is -0.139. The number of ether oxygens (including phenoxy) is 2. The molecule has 1 N–H and O–H groups in total. The highest BCUT2D eigenvalue weighted by Crippen LogP contribution is 2.35. The van der Waals surface area contributed by atoms with Gasteiger partial charge in [-0.3, -0.25) is 0 Å². The first-order valence-corrected chi connectivity index (χ1v) is 5.21. The summed E-state index contributed by atoms with van der Waals surface area (Å²) in [6.45, 7) is 4.50. The summed E-state index contributed by atoms with van der Waals surface area (Å²) in [5.41, 5.74) is 2.26. The van der Waals surface area contributed by atoms with Gasteiger partial charge in [-0.1, -0.05) is 18.2 Å². The molecule has 1 saturated heterocycles. The Kier molecular flexibility index (Phi) is 2.67. The van der Waals surface area contributed by atoms with Crippen molar-refractivity contribution in [2.24, 2.45) is 0 Å². The van der Waals surface area contributed by atoms with Gasteiger partial charge in [0.15, 0.2) is 5.79 Å². The number of rotatable bonds is 2. The molecule has 0 saturated carbocycles. The van der Waals surface area contributed by atoms with Gasteiger partial charge in [0.2, 0.25) is 0 Å². The third kappa shape index (κ3) is 2.13. The summed E-state index contributed by atoms with van der Waals surface area (Å²) in [5.74, 6) is -0.467. The summed E-state index contributed by atoms with van der Waals surface area (Å²) in [6.07, 6.45) is 0.0312. The van der Waals surface area contributed by atoms with Gasteiger partial charge in [0.05, 0.1) is 6.61 Å². The van der Waals surface area contributed by atoms with Crippen LogP contribution in [0.1, 0.15) is 25.5 Å². The minimum absolute atomic E-state index is 0.0312. The summed E-state index contributed by atoms with van der Waals surface area (Å²) in [5, 5.41) is 3.16. The van der Waals surface area contributed by atoms with Gasteiger partial charge in [0.25, 0.3) is 0 Å². The van der Waals surface area contributed by atoms with E-state index < -0.39 is 5.79 Å². The van der Waals surface area contributed by atoms with Crippen LogP contribution in [-0.2, 0) is 9.47 Å². The van der Waals surface area contributed by atoms with E-state index in [1.165, 1.54) is 0 Å². The molecular formula is C12H17NO2. The van der Waals surface area contributed by atoms with Crippen molar-refractivity contribution in [2.45, 2.75) is 25.7 Å². The number of hydrogen-bond donors (Lipinski definition) is 1. The molecule has 0 aliphatic carbocycles. The van der Waals surface area contributed by atoms with Gasteiger partial charge in [-0.15, -0.1) is 0 Å². The summed E-state index contributed by atoms with van der Waals surface area (Å²) in [7, 11) is 1.92. The molecule has 1 fully saturated rings. The molecule has 1 aliphatic heterocycles. The third-order valence-electron chi connectivity index (χ3n) is 2.59. The van der Waals surface area contributed by atoms with Gasteiger partial charge >= 0.3 is 0 Å². The zero-order valence-electron chi connectivity index (χ0n) is 9.41. The van der Waals surface area contributed by atoms with E-state index in [0.29, 0.717) is 6.61 Å². The Hall–Kier alpha value is -1.06. The van der Waals surface area contributed by atoms with E-state index in [9.17, 15) is 0 Å². The van der Waals surface area contributed by atoms with Crippen molar-refractivity contribution in [1.29, 1.82) is 0 Å². The quantitative estimate of drug-likeness (QED) is 0.808. The predicted molar refractivity (Wildman–Crippen MR) is 59.8 cm³/mol. The largest absolute Gasteiger partial charge is 0.388 e. The molecule has 1 aromatic carbocycles. The molecule has 15 heavy (non-hydrogen) atoms. The molecule has 3 nitrogen and oxygen atoms in total. The van der Waals surface area contributed by atoms with E-state index in [4.69, 9.17) is 9.47 Å². The fourth-order valence-electron chi connectivity index (χ4n) is 1.85. The number of para-hydroxylation sites is 1.